The summed E-state index contributed by atoms with van der Waals surface area (Å²) in [6.07, 6.45) is 3.20. The molecule has 0 radical (unpaired) electrons. The van der Waals surface area contributed by atoms with Crippen molar-refractivity contribution < 1.29 is 14.2 Å². The topological polar surface area (TPSA) is 64.1 Å². The van der Waals surface area contributed by atoms with Crippen molar-refractivity contribution in [2.24, 2.45) is 10.9 Å². The van der Waals surface area contributed by atoms with Gasteiger partial charge in [0, 0.05) is 46.6 Å². The fraction of sp³-hybridized carbons (Fsp3) is 0.480. The van der Waals surface area contributed by atoms with Crippen LogP contribution in [0.5, 0.6) is 5.75 Å². The summed E-state index contributed by atoms with van der Waals surface area (Å²) in [5.74, 6) is 2.33. The molecular formula is C25H35N3O3. The lowest BCUT2D eigenvalue weighted by Gasteiger charge is -2.21. The van der Waals surface area contributed by atoms with E-state index in [0.717, 1.165) is 69.5 Å². The fourth-order valence-corrected chi connectivity index (χ4v) is 3.39. The van der Waals surface area contributed by atoms with Crippen molar-refractivity contribution in [1.29, 1.82) is 0 Å². The van der Waals surface area contributed by atoms with Crippen LogP contribution in [0.3, 0.4) is 0 Å². The van der Waals surface area contributed by atoms with Crippen LogP contribution in [0.1, 0.15) is 30.4 Å². The molecule has 2 N–H and O–H groups in total. The maximum Gasteiger partial charge on any atom is 0.191 e. The third kappa shape index (κ3) is 8.99. The Morgan fingerprint density at radius 2 is 1.77 bits per heavy atom. The number of ether oxygens (including phenoxy) is 3. The molecule has 2 aromatic rings. The molecule has 0 amide bonds. The van der Waals surface area contributed by atoms with Crippen molar-refractivity contribution >= 4 is 5.96 Å². The summed E-state index contributed by atoms with van der Waals surface area (Å²) in [7, 11) is 1.79. The molecule has 31 heavy (non-hydrogen) atoms. The molecule has 0 spiro atoms. The van der Waals surface area contributed by atoms with Crippen LogP contribution in [0.2, 0.25) is 0 Å². The van der Waals surface area contributed by atoms with Gasteiger partial charge in [-0.15, -0.1) is 0 Å². The number of guanidine groups is 1. The van der Waals surface area contributed by atoms with Crippen molar-refractivity contribution in [3.05, 3.63) is 65.7 Å². The monoisotopic (exact) mass is 425 g/mol. The lowest BCUT2D eigenvalue weighted by Crippen LogP contribution is -2.37. The van der Waals surface area contributed by atoms with E-state index in [9.17, 15) is 0 Å². The minimum atomic E-state index is 0.577. The number of aliphatic imine (C=N–C) groups is 1. The molecule has 1 fully saturated rings. The maximum absolute atomic E-state index is 5.84. The highest BCUT2D eigenvalue weighted by Crippen LogP contribution is 2.15. The quantitative estimate of drug-likeness (QED) is 0.326. The molecule has 0 bridgehead atoms. The first kappa shape index (κ1) is 23.1. The van der Waals surface area contributed by atoms with Crippen LogP contribution < -0.4 is 15.4 Å². The first-order chi connectivity index (χ1) is 15.3. The van der Waals surface area contributed by atoms with Crippen molar-refractivity contribution in [2.75, 3.05) is 40.0 Å². The summed E-state index contributed by atoms with van der Waals surface area (Å²) < 4.78 is 17.0. The predicted molar refractivity (Wildman–Crippen MR) is 124 cm³/mol. The van der Waals surface area contributed by atoms with Gasteiger partial charge in [0.05, 0.1) is 0 Å². The average molecular weight is 426 g/mol. The molecule has 2 aromatic carbocycles. The highest BCUT2D eigenvalue weighted by atomic mass is 16.5. The Labute approximate surface area is 186 Å². The Kier molecular flexibility index (Phi) is 10.2. The summed E-state index contributed by atoms with van der Waals surface area (Å²) in [5.41, 5.74) is 2.34. The van der Waals surface area contributed by atoms with E-state index in [4.69, 9.17) is 14.2 Å². The molecule has 1 heterocycles. The number of nitrogens with one attached hydrogen (secondary N) is 2. The normalized spacial score (nSPS) is 14.9. The van der Waals surface area contributed by atoms with Gasteiger partial charge in [0.25, 0.3) is 0 Å². The molecule has 1 saturated heterocycles. The molecule has 0 unspecified atom stereocenters. The Balaban J connectivity index is 1.27. The Hall–Kier alpha value is -2.57. The van der Waals surface area contributed by atoms with Gasteiger partial charge in [-0.05, 0) is 48.4 Å². The first-order valence-corrected chi connectivity index (χ1v) is 11.2. The third-order valence-electron chi connectivity index (χ3n) is 5.31. The maximum atomic E-state index is 5.84. The molecule has 6 heteroatoms. The molecule has 0 aliphatic carbocycles. The summed E-state index contributed by atoms with van der Waals surface area (Å²) in [6.45, 7) is 5.49. The summed E-state index contributed by atoms with van der Waals surface area (Å²) in [4.78, 5) is 4.29. The highest BCUT2D eigenvalue weighted by Gasteiger charge is 2.13. The van der Waals surface area contributed by atoms with E-state index in [1.807, 2.05) is 30.3 Å². The summed E-state index contributed by atoms with van der Waals surface area (Å²) >= 11 is 0. The Morgan fingerprint density at radius 1 is 1.00 bits per heavy atom. The number of rotatable bonds is 11. The zero-order valence-electron chi connectivity index (χ0n) is 18.5. The minimum absolute atomic E-state index is 0.577. The first-order valence-electron chi connectivity index (χ1n) is 11.2. The molecule has 1 aliphatic heterocycles. The Morgan fingerprint density at radius 3 is 2.52 bits per heavy atom. The van der Waals surface area contributed by atoms with Crippen LogP contribution in [0, 0.1) is 5.92 Å². The van der Waals surface area contributed by atoms with Gasteiger partial charge in [-0.1, -0.05) is 42.5 Å². The van der Waals surface area contributed by atoms with Crippen LogP contribution in [0.4, 0.5) is 0 Å². The van der Waals surface area contributed by atoms with E-state index >= 15 is 0 Å². The van der Waals surface area contributed by atoms with Gasteiger partial charge >= 0.3 is 0 Å². The van der Waals surface area contributed by atoms with E-state index < -0.39 is 0 Å². The van der Waals surface area contributed by atoms with Crippen molar-refractivity contribution in [3.8, 4) is 5.75 Å². The van der Waals surface area contributed by atoms with E-state index in [1.54, 1.807) is 7.05 Å². The standard InChI is InChI=1S/C25H35N3O3/c1-26-25(27-14-5-15-30-19-23-12-16-29-17-13-23)28-18-21-8-10-24(11-9-21)31-20-22-6-3-2-4-7-22/h2-4,6-11,23H,5,12-20H2,1H3,(H2,26,27,28). The SMILES string of the molecule is CN=C(NCCCOCC1CCOCC1)NCc1ccc(OCc2ccccc2)cc1. The van der Waals surface area contributed by atoms with E-state index in [2.05, 4.69) is 39.9 Å². The van der Waals surface area contributed by atoms with Crippen molar-refractivity contribution in [3.63, 3.8) is 0 Å². The second-order valence-electron chi connectivity index (χ2n) is 7.75. The van der Waals surface area contributed by atoms with Gasteiger partial charge in [-0.2, -0.15) is 0 Å². The fourth-order valence-electron chi connectivity index (χ4n) is 3.39. The molecule has 3 rings (SSSR count). The van der Waals surface area contributed by atoms with Gasteiger partial charge < -0.3 is 24.8 Å². The lowest BCUT2D eigenvalue weighted by atomic mass is 10.0. The number of benzene rings is 2. The highest BCUT2D eigenvalue weighted by molar-refractivity contribution is 5.79. The van der Waals surface area contributed by atoms with Gasteiger partial charge in [0.1, 0.15) is 12.4 Å². The number of hydrogen-bond donors (Lipinski definition) is 2. The van der Waals surface area contributed by atoms with Gasteiger partial charge in [0.15, 0.2) is 5.96 Å². The van der Waals surface area contributed by atoms with Crippen molar-refractivity contribution in [1.82, 2.24) is 10.6 Å². The third-order valence-corrected chi connectivity index (χ3v) is 5.31. The average Bonchev–Trinajstić information content (AvgIpc) is 2.84. The zero-order chi connectivity index (χ0) is 21.6. The van der Waals surface area contributed by atoms with Gasteiger partial charge in [-0.3, -0.25) is 4.99 Å². The van der Waals surface area contributed by atoms with Gasteiger partial charge in [0.2, 0.25) is 0 Å². The second kappa shape index (κ2) is 13.7. The second-order valence-corrected chi connectivity index (χ2v) is 7.75. The van der Waals surface area contributed by atoms with E-state index in [-0.39, 0.29) is 0 Å². The lowest BCUT2D eigenvalue weighted by molar-refractivity contribution is 0.0203. The predicted octanol–water partition coefficient (Wildman–Crippen LogP) is 3.76. The summed E-state index contributed by atoms with van der Waals surface area (Å²) in [6, 6.07) is 18.3. The zero-order valence-corrected chi connectivity index (χ0v) is 18.5. The molecule has 1 aliphatic rings. The van der Waals surface area contributed by atoms with Crippen LogP contribution in [0.25, 0.3) is 0 Å². The summed E-state index contributed by atoms with van der Waals surface area (Å²) in [5, 5.41) is 6.69. The van der Waals surface area contributed by atoms with Crippen LogP contribution in [0.15, 0.2) is 59.6 Å². The van der Waals surface area contributed by atoms with E-state index in [0.29, 0.717) is 19.1 Å². The molecular weight excluding hydrogens is 390 g/mol. The minimum Gasteiger partial charge on any atom is -0.489 e. The molecule has 168 valence electrons. The van der Waals surface area contributed by atoms with Crippen LogP contribution in [-0.4, -0.2) is 46.0 Å². The molecule has 0 atom stereocenters. The molecule has 6 nitrogen and oxygen atoms in total. The molecule has 0 saturated carbocycles. The van der Waals surface area contributed by atoms with Crippen molar-refractivity contribution in [2.45, 2.75) is 32.4 Å². The number of hydrogen-bond acceptors (Lipinski definition) is 4. The molecule has 0 aromatic heterocycles. The van der Waals surface area contributed by atoms with Crippen LogP contribution >= 0.6 is 0 Å². The smallest absolute Gasteiger partial charge is 0.191 e. The van der Waals surface area contributed by atoms with Gasteiger partial charge in [-0.25, -0.2) is 0 Å². The number of nitrogens with zero attached hydrogens (tertiary/aromatic N) is 1. The van der Waals surface area contributed by atoms with E-state index in [1.165, 1.54) is 5.56 Å². The van der Waals surface area contributed by atoms with Crippen LogP contribution in [-0.2, 0) is 22.6 Å². The Bertz CT molecular complexity index is 759. The largest absolute Gasteiger partial charge is 0.489 e.